The average Bonchev–Trinajstić information content (AvgIpc) is 2.43. The van der Waals surface area contributed by atoms with Gasteiger partial charge in [-0.15, -0.1) is 0 Å². The molecule has 3 N–H and O–H groups in total. The monoisotopic (exact) mass is 287 g/mol. The van der Waals surface area contributed by atoms with Crippen molar-refractivity contribution < 1.29 is 23.5 Å². The lowest BCUT2D eigenvalue weighted by molar-refractivity contribution is -0.0499. The fourth-order valence-corrected chi connectivity index (χ4v) is 1.54. The van der Waals surface area contributed by atoms with Gasteiger partial charge in [0, 0.05) is 12.1 Å². The topological polar surface area (TPSA) is 88.1 Å². The van der Waals surface area contributed by atoms with Crippen molar-refractivity contribution in [3.63, 3.8) is 0 Å². The zero-order valence-electron chi connectivity index (χ0n) is 10.8. The third-order valence-corrected chi connectivity index (χ3v) is 2.46. The number of benzene rings is 1. The van der Waals surface area contributed by atoms with Gasteiger partial charge in [0.05, 0.1) is 6.54 Å². The standard InChI is InChI=1S/C12H15F2N3O3/c1-2-17(7-10(15)16-19)11(18)8-4-3-5-9(6-8)20-12(13)14/h3-6,12,19H,2,7H2,1H3,(H2,15,16). The number of halogens is 2. The Hall–Kier alpha value is -2.38. The van der Waals surface area contributed by atoms with Crippen LogP contribution in [0.25, 0.3) is 0 Å². The third-order valence-electron chi connectivity index (χ3n) is 2.46. The molecule has 0 bridgehead atoms. The van der Waals surface area contributed by atoms with E-state index in [9.17, 15) is 13.6 Å². The van der Waals surface area contributed by atoms with E-state index in [1.54, 1.807) is 6.92 Å². The van der Waals surface area contributed by atoms with E-state index in [2.05, 4.69) is 9.89 Å². The van der Waals surface area contributed by atoms with Crippen LogP contribution >= 0.6 is 0 Å². The maximum atomic E-state index is 12.2. The first-order valence-electron chi connectivity index (χ1n) is 5.78. The lowest BCUT2D eigenvalue weighted by Crippen LogP contribution is -2.38. The summed E-state index contributed by atoms with van der Waals surface area (Å²) in [5.41, 5.74) is 5.52. The summed E-state index contributed by atoms with van der Waals surface area (Å²) in [5.74, 6) is -0.662. The summed E-state index contributed by atoms with van der Waals surface area (Å²) in [6.45, 7) is -0.997. The molecule has 0 aliphatic rings. The first-order chi connectivity index (χ1) is 9.47. The van der Waals surface area contributed by atoms with E-state index < -0.39 is 12.5 Å². The highest BCUT2D eigenvalue weighted by Crippen LogP contribution is 2.17. The van der Waals surface area contributed by atoms with Crippen molar-refractivity contribution >= 4 is 11.7 Å². The van der Waals surface area contributed by atoms with Crippen molar-refractivity contribution in [1.82, 2.24) is 4.90 Å². The summed E-state index contributed by atoms with van der Waals surface area (Å²) in [6.07, 6.45) is 0. The summed E-state index contributed by atoms with van der Waals surface area (Å²) in [5, 5.41) is 11.3. The van der Waals surface area contributed by atoms with E-state index in [4.69, 9.17) is 10.9 Å². The molecule has 0 aliphatic heterocycles. The number of carbonyl (C=O) groups excluding carboxylic acids is 1. The molecule has 20 heavy (non-hydrogen) atoms. The van der Waals surface area contributed by atoms with Gasteiger partial charge in [-0.1, -0.05) is 11.2 Å². The van der Waals surface area contributed by atoms with Gasteiger partial charge in [-0.2, -0.15) is 8.78 Å². The number of nitrogens with two attached hydrogens (primary N) is 1. The van der Waals surface area contributed by atoms with Crippen LogP contribution < -0.4 is 10.5 Å². The van der Waals surface area contributed by atoms with Crippen molar-refractivity contribution in [3.05, 3.63) is 29.8 Å². The quantitative estimate of drug-likeness (QED) is 0.359. The van der Waals surface area contributed by atoms with Crippen LogP contribution in [0.1, 0.15) is 17.3 Å². The van der Waals surface area contributed by atoms with Gasteiger partial charge in [-0.3, -0.25) is 4.79 Å². The Morgan fingerprint density at radius 3 is 2.80 bits per heavy atom. The van der Waals surface area contributed by atoms with E-state index in [1.807, 2.05) is 0 Å². The predicted molar refractivity (Wildman–Crippen MR) is 68.1 cm³/mol. The summed E-state index contributed by atoms with van der Waals surface area (Å²) < 4.78 is 28.5. The van der Waals surface area contributed by atoms with Crippen LogP contribution in [0.4, 0.5) is 8.78 Å². The van der Waals surface area contributed by atoms with Crippen LogP contribution in [0.2, 0.25) is 0 Å². The molecular weight excluding hydrogens is 272 g/mol. The second-order valence-corrected chi connectivity index (χ2v) is 3.82. The van der Waals surface area contributed by atoms with E-state index >= 15 is 0 Å². The molecule has 0 aromatic heterocycles. The number of alkyl halides is 2. The van der Waals surface area contributed by atoms with Crippen molar-refractivity contribution in [2.75, 3.05) is 13.1 Å². The van der Waals surface area contributed by atoms with Crippen LogP contribution in [0.15, 0.2) is 29.4 Å². The molecule has 0 unspecified atom stereocenters. The second kappa shape index (κ2) is 7.27. The number of amidine groups is 1. The Labute approximate surface area is 114 Å². The first-order valence-corrected chi connectivity index (χ1v) is 5.78. The van der Waals surface area contributed by atoms with Gasteiger partial charge in [0.15, 0.2) is 5.84 Å². The summed E-state index contributed by atoms with van der Waals surface area (Å²) >= 11 is 0. The Bertz CT molecular complexity index is 495. The first kappa shape index (κ1) is 15.7. The number of ether oxygens (including phenoxy) is 1. The molecule has 0 saturated carbocycles. The molecule has 0 spiro atoms. The normalized spacial score (nSPS) is 11.5. The highest BCUT2D eigenvalue weighted by molar-refractivity contribution is 5.97. The number of hydrogen-bond acceptors (Lipinski definition) is 4. The van der Waals surface area contributed by atoms with E-state index in [0.717, 1.165) is 0 Å². The molecule has 8 heteroatoms. The summed E-state index contributed by atoms with van der Waals surface area (Å²) in [7, 11) is 0. The van der Waals surface area contributed by atoms with Crippen molar-refractivity contribution in [1.29, 1.82) is 0 Å². The highest BCUT2D eigenvalue weighted by Gasteiger charge is 2.16. The molecular formula is C12H15F2N3O3. The molecule has 110 valence electrons. The number of nitrogens with zero attached hydrogens (tertiary/aromatic N) is 2. The number of rotatable bonds is 6. The van der Waals surface area contributed by atoms with Crippen LogP contribution in [-0.4, -0.2) is 41.6 Å². The van der Waals surface area contributed by atoms with Crippen LogP contribution in [-0.2, 0) is 0 Å². The van der Waals surface area contributed by atoms with Crippen molar-refractivity contribution in [2.45, 2.75) is 13.5 Å². The third kappa shape index (κ3) is 4.38. The number of hydrogen-bond donors (Lipinski definition) is 2. The fourth-order valence-electron chi connectivity index (χ4n) is 1.54. The Kier molecular flexibility index (Phi) is 5.70. The molecule has 1 aromatic carbocycles. The van der Waals surface area contributed by atoms with Crippen LogP contribution in [0, 0.1) is 0 Å². The zero-order chi connectivity index (χ0) is 15.1. The molecule has 1 aromatic rings. The number of amides is 1. The van der Waals surface area contributed by atoms with Crippen LogP contribution in [0.3, 0.4) is 0 Å². The average molecular weight is 287 g/mol. The molecule has 0 radical (unpaired) electrons. The van der Waals surface area contributed by atoms with Crippen LogP contribution in [0.5, 0.6) is 5.75 Å². The van der Waals surface area contributed by atoms with E-state index in [1.165, 1.54) is 29.2 Å². The lowest BCUT2D eigenvalue weighted by atomic mass is 10.2. The predicted octanol–water partition coefficient (Wildman–Crippen LogP) is 1.50. The molecule has 0 saturated heterocycles. The van der Waals surface area contributed by atoms with Gasteiger partial charge >= 0.3 is 6.61 Å². The Balaban J connectivity index is 2.89. The second-order valence-electron chi connectivity index (χ2n) is 3.82. The minimum Gasteiger partial charge on any atom is -0.435 e. The number of oxime groups is 1. The molecule has 0 aliphatic carbocycles. The molecule has 0 heterocycles. The maximum Gasteiger partial charge on any atom is 0.387 e. The molecule has 1 amide bonds. The SMILES string of the molecule is CCN(CC(N)=NO)C(=O)c1cccc(OC(F)F)c1. The van der Waals surface area contributed by atoms with Gasteiger partial charge in [-0.25, -0.2) is 0 Å². The molecule has 1 rings (SSSR count). The Morgan fingerprint density at radius 1 is 1.55 bits per heavy atom. The Morgan fingerprint density at radius 2 is 2.25 bits per heavy atom. The minimum atomic E-state index is -2.96. The minimum absolute atomic E-state index is 0.0637. The maximum absolute atomic E-state index is 12.2. The van der Waals surface area contributed by atoms with Crippen molar-refractivity contribution in [3.8, 4) is 5.75 Å². The summed E-state index contributed by atoms with van der Waals surface area (Å²) in [6, 6.07) is 5.43. The van der Waals surface area contributed by atoms with E-state index in [-0.39, 0.29) is 23.7 Å². The number of likely N-dealkylation sites (N-methyl/N-ethyl adjacent to an activating group) is 1. The van der Waals surface area contributed by atoms with Crippen molar-refractivity contribution in [2.24, 2.45) is 10.9 Å². The van der Waals surface area contributed by atoms with E-state index in [0.29, 0.717) is 6.54 Å². The van der Waals surface area contributed by atoms with Gasteiger partial charge < -0.3 is 20.6 Å². The van der Waals surface area contributed by atoms with Gasteiger partial charge in [0.2, 0.25) is 0 Å². The summed E-state index contributed by atoms with van der Waals surface area (Å²) in [4.78, 5) is 13.5. The number of carbonyl (C=O) groups is 1. The zero-order valence-corrected chi connectivity index (χ0v) is 10.8. The highest BCUT2D eigenvalue weighted by atomic mass is 19.3. The fraction of sp³-hybridized carbons (Fsp3) is 0.333. The smallest absolute Gasteiger partial charge is 0.387 e. The molecule has 6 nitrogen and oxygen atoms in total. The molecule has 0 fully saturated rings. The largest absolute Gasteiger partial charge is 0.435 e. The molecule has 0 atom stereocenters. The van der Waals surface area contributed by atoms with Gasteiger partial charge in [0.25, 0.3) is 5.91 Å². The lowest BCUT2D eigenvalue weighted by Gasteiger charge is -2.20. The van der Waals surface area contributed by atoms with Gasteiger partial charge in [-0.05, 0) is 25.1 Å². The van der Waals surface area contributed by atoms with Gasteiger partial charge in [0.1, 0.15) is 5.75 Å².